The van der Waals surface area contributed by atoms with Crippen LogP contribution in [0, 0.1) is 0 Å². The molecule has 90 valence electrons. The summed E-state index contributed by atoms with van der Waals surface area (Å²) in [4.78, 5) is 0. The van der Waals surface area contributed by atoms with Gasteiger partial charge in [-0.1, -0.05) is 0 Å². The predicted octanol–water partition coefficient (Wildman–Crippen LogP) is 0.252. The lowest BCUT2D eigenvalue weighted by Gasteiger charge is -2.17. The fourth-order valence-corrected chi connectivity index (χ4v) is 1.52. The molecule has 3 atom stereocenters. The smallest absolute Gasteiger partial charge is 0.166 e. The molecule has 0 rings (SSSR count). The molecule has 0 bridgehead atoms. The van der Waals surface area contributed by atoms with Gasteiger partial charge in [-0.25, -0.2) is 0 Å². The van der Waals surface area contributed by atoms with Crippen molar-refractivity contribution in [2.45, 2.75) is 25.1 Å². The Balaban J connectivity index is 3.70. The first-order valence-corrected chi connectivity index (χ1v) is 6.85. The van der Waals surface area contributed by atoms with Gasteiger partial charge in [0.15, 0.2) is 5.11 Å². The molecule has 0 aromatic rings. The summed E-state index contributed by atoms with van der Waals surface area (Å²) >= 11 is 5.07. The Kier molecular flexibility index (Phi) is 7.90. The Hall–Kier alpha value is -0.200. The van der Waals surface area contributed by atoms with E-state index in [1.54, 1.807) is 13.4 Å². The fraction of sp³-hybridized carbons (Fsp3) is 0.889. The lowest BCUT2D eigenvalue weighted by molar-refractivity contribution is 0.179. The molecule has 2 N–H and O–H groups in total. The van der Waals surface area contributed by atoms with Gasteiger partial charge in [0.05, 0.1) is 6.61 Å². The molecule has 0 amide bonds. The minimum atomic E-state index is -0.817. The molecule has 0 fully saturated rings. The van der Waals surface area contributed by atoms with E-state index in [-0.39, 0.29) is 11.3 Å². The molecule has 0 radical (unpaired) electrons. The molecule has 3 unspecified atom stereocenters. The summed E-state index contributed by atoms with van der Waals surface area (Å²) in [5.41, 5.74) is 0. The van der Waals surface area contributed by atoms with Gasteiger partial charge in [-0.3, -0.25) is 4.21 Å². The van der Waals surface area contributed by atoms with Gasteiger partial charge in [0.2, 0.25) is 0 Å². The Labute approximate surface area is 99.6 Å². The van der Waals surface area contributed by atoms with Gasteiger partial charge in [-0.05, 0) is 26.1 Å². The summed E-state index contributed by atoms with van der Waals surface area (Å²) in [5.74, 6) is 0. The topological polar surface area (TPSA) is 50.4 Å². The molecular weight excluding hydrogens is 232 g/mol. The van der Waals surface area contributed by atoms with Gasteiger partial charge in [0.25, 0.3) is 0 Å². The number of hydrogen-bond acceptors (Lipinski definition) is 3. The summed E-state index contributed by atoms with van der Waals surface area (Å²) in [6.07, 6.45) is 1.69. The molecule has 0 aromatic carbocycles. The standard InChI is InChI=1S/C9H20N2O2S2/c1-7(6-13-3)11-9(14)10-5-8(2)15(4)12/h7-8H,5-6H2,1-4H3,(H2,10,11,14). The molecular formula is C9H20N2O2S2. The Morgan fingerprint density at radius 3 is 2.60 bits per heavy atom. The van der Waals surface area contributed by atoms with Crippen molar-refractivity contribution in [2.75, 3.05) is 26.5 Å². The SMILES string of the molecule is COCC(C)NC(=S)NCC(C)S(C)=O. The normalized spacial score (nSPS) is 16.5. The molecule has 4 nitrogen and oxygen atoms in total. The number of methoxy groups -OCH3 is 1. The van der Waals surface area contributed by atoms with Crippen molar-refractivity contribution in [1.29, 1.82) is 0 Å². The highest BCUT2D eigenvalue weighted by molar-refractivity contribution is 7.84. The van der Waals surface area contributed by atoms with Crippen LogP contribution in [0.25, 0.3) is 0 Å². The van der Waals surface area contributed by atoms with Gasteiger partial charge in [-0.15, -0.1) is 0 Å². The van der Waals surface area contributed by atoms with E-state index in [0.717, 1.165) is 0 Å². The second kappa shape index (κ2) is 8.01. The second-order valence-electron chi connectivity index (χ2n) is 3.52. The molecule has 0 heterocycles. The number of ether oxygens (including phenoxy) is 1. The van der Waals surface area contributed by atoms with Crippen LogP contribution in [0.3, 0.4) is 0 Å². The van der Waals surface area contributed by atoms with E-state index in [9.17, 15) is 4.21 Å². The lowest BCUT2D eigenvalue weighted by Crippen LogP contribution is -2.44. The molecule has 15 heavy (non-hydrogen) atoms. The number of hydrogen-bond donors (Lipinski definition) is 2. The number of nitrogens with one attached hydrogen (secondary N) is 2. The van der Waals surface area contributed by atoms with E-state index in [2.05, 4.69) is 10.6 Å². The van der Waals surface area contributed by atoms with E-state index in [1.165, 1.54) is 0 Å². The van der Waals surface area contributed by atoms with Crippen LogP contribution < -0.4 is 10.6 Å². The van der Waals surface area contributed by atoms with Gasteiger partial charge < -0.3 is 15.4 Å². The Bertz CT molecular complexity index is 224. The first-order chi connectivity index (χ1) is 6.97. The van der Waals surface area contributed by atoms with Crippen LogP contribution in [-0.4, -0.2) is 47.1 Å². The van der Waals surface area contributed by atoms with Crippen LogP contribution >= 0.6 is 12.2 Å². The molecule has 0 aromatic heterocycles. The highest BCUT2D eigenvalue weighted by atomic mass is 32.2. The van der Waals surface area contributed by atoms with Crippen molar-refractivity contribution in [1.82, 2.24) is 10.6 Å². The first-order valence-electron chi connectivity index (χ1n) is 4.83. The van der Waals surface area contributed by atoms with Gasteiger partial charge >= 0.3 is 0 Å². The van der Waals surface area contributed by atoms with Crippen molar-refractivity contribution >= 4 is 28.1 Å². The average Bonchev–Trinajstić information content (AvgIpc) is 2.14. The highest BCUT2D eigenvalue weighted by Crippen LogP contribution is 1.90. The van der Waals surface area contributed by atoms with Crippen LogP contribution in [0.1, 0.15) is 13.8 Å². The maximum Gasteiger partial charge on any atom is 0.166 e. The third-order valence-electron chi connectivity index (χ3n) is 1.91. The van der Waals surface area contributed by atoms with Crippen LogP contribution in [0.4, 0.5) is 0 Å². The van der Waals surface area contributed by atoms with Crippen molar-refractivity contribution in [2.24, 2.45) is 0 Å². The van der Waals surface area contributed by atoms with Crippen LogP contribution in [-0.2, 0) is 15.5 Å². The fourth-order valence-electron chi connectivity index (χ4n) is 0.920. The van der Waals surface area contributed by atoms with E-state index in [0.29, 0.717) is 18.3 Å². The number of thiocarbonyl (C=S) groups is 1. The third-order valence-corrected chi connectivity index (χ3v) is 3.47. The van der Waals surface area contributed by atoms with Gasteiger partial charge in [0, 0.05) is 42.0 Å². The molecule has 0 saturated heterocycles. The zero-order chi connectivity index (χ0) is 11.8. The van der Waals surface area contributed by atoms with Crippen molar-refractivity contribution in [3.8, 4) is 0 Å². The van der Waals surface area contributed by atoms with E-state index in [4.69, 9.17) is 17.0 Å². The zero-order valence-corrected chi connectivity index (χ0v) is 11.3. The van der Waals surface area contributed by atoms with E-state index >= 15 is 0 Å². The second-order valence-corrected chi connectivity index (χ2v) is 5.73. The zero-order valence-electron chi connectivity index (χ0n) is 9.70. The molecule has 6 heteroatoms. The van der Waals surface area contributed by atoms with Gasteiger partial charge in [-0.2, -0.15) is 0 Å². The molecule has 0 aliphatic heterocycles. The van der Waals surface area contributed by atoms with E-state index in [1.807, 2.05) is 13.8 Å². The quantitative estimate of drug-likeness (QED) is 0.664. The first kappa shape index (κ1) is 14.8. The highest BCUT2D eigenvalue weighted by Gasteiger charge is 2.07. The molecule has 0 aliphatic rings. The maximum absolute atomic E-state index is 11.1. The monoisotopic (exact) mass is 252 g/mol. The number of rotatable bonds is 6. The summed E-state index contributed by atoms with van der Waals surface area (Å²) in [6.45, 7) is 5.13. The minimum absolute atomic E-state index is 0.0995. The van der Waals surface area contributed by atoms with E-state index < -0.39 is 10.8 Å². The lowest BCUT2D eigenvalue weighted by atomic mass is 10.4. The van der Waals surface area contributed by atoms with Gasteiger partial charge in [0.1, 0.15) is 0 Å². The predicted molar refractivity (Wildman–Crippen MR) is 68.6 cm³/mol. The van der Waals surface area contributed by atoms with Crippen LogP contribution in [0.15, 0.2) is 0 Å². The molecule has 0 aliphatic carbocycles. The Morgan fingerprint density at radius 2 is 2.13 bits per heavy atom. The molecule has 0 spiro atoms. The largest absolute Gasteiger partial charge is 0.383 e. The maximum atomic E-state index is 11.1. The van der Waals surface area contributed by atoms with Crippen molar-refractivity contribution in [3.05, 3.63) is 0 Å². The van der Waals surface area contributed by atoms with Crippen LogP contribution in [0.2, 0.25) is 0 Å². The summed E-state index contributed by atoms with van der Waals surface area (Å²) in [6, 6.07) is 0.178. The Morgan fingerprint density at radius 1 is 1.53 bits per heavy atom. The average molecular weight is 252 g/mol. The van der Waals surface area contributed by atoms with Crippen molar-refractivity contribution in [3.63, 3.8) is 0 Å². The minimum Gasteiger partial charge on any atom is -0.383 e. The van der Waals surface area contributed by atoms with Crippen LogP contribution in [0.5, 0.6) is 0 Å². The summed E-state index contributed by atoms with van der Waals surface area (Å²) in [7, 11) is 0.832. The summed E-state index contributed by atoms with van der Waals surface area (Å²) < 4.78 is 16.0. The van der Waals surface area contributed by atoms with Crippen molar-refractivity contribution < 1.29 is 8.95 Å². The summed E-state index contributed by atoms with van der Waals surface area (Å²) in [5, 5.41) is 6.78. The third kappa shape index (κ3) is 7.70. The molecule has 0 saturated carbocycles.